The highest BCUT2D eigenvalue weighted by atomic mass is 79.9. The van der Waals surface area contributed by atoms with Gasteiger partial charge in [0.1, 0.15) is 0 Å². The van der Waals surface area contributed by atoms with E-state index in [1.165, 1.54) is 0 Å². The third kappa shape index (κ3) is 3.04. The van der Waals surface area contributed by atoms with E-state index in [1.807, 2.05) is 24.3 Å². The highest BCUT2D eigenvalue weighted by Gasteiger charge is 2.22. The van der Waals surface area contributed by atoms with Crippen molar-refractivity contribution in [2.45, 2.75) is 6.10 Å². The minimum Gasteiger partial charge on any atom is -0.376 e. The van der Waals surface area contributed by atoms with Gasteiger partial charge in [-0.2, -0.15) is 0 Å². The molecule has 0 aliphatic carbocycles. The zero-order chi connectivity index (χ0) is 11.4. The summed E-state index contributed by atoms with van der Waals surface area (Å²) < 4.78 is 11.4. The Morgan fingerprint density at radius 2 is 2.31 bits per heavy atom. The zero-order valence-corrected chi connectivity index (χ0v) is 10.2. The van der Waals surface area contributed by atoms with Gasteiger partial charge in [0, 0.05) is 10.2 Å². The quantitative estimate of drug-likeness (QED) is 0.902. The molecular weight excluding hydrogens is 274 g/mol. The number of hydrogen-bond donors (Lipinski definition) is 1. The van der Waals surface area contributed by atoms with Crippen LogP contribution < -0.4 is 5.32 Å². The summed E-state index contributed by atoms with van der Waals surface area (Å²) in [5.74, 6) is -0.169. The van der Waals surface area contributed by atoms with Gasteiger partial charge in [0.15, 0.2) is 6.10 Å². The largest absolute Gasteiger partial charge is 0.376 e. The molecule has 1 aliphatic heterocycles. The van der Waals surface area contributed by atoms with Gasteiger partial charge in [-0.15, -0.1) is 0 Å². The van der Waals surface area contributed by atoms with Crippen molar-refractivity contribution in [1.82, 2.24) is 0 Å². The van der Waals surface area contributed by atoms with Crippen molar-refractivity contribution >= 4 is 27.5 Å². The number of hydrogen-bond acceptors (Lipinski definition) is 3. The van der Waals surface area contributed by atoms with Crippen LogP contribution >= 0.6 is 15.9 Å². The van der Waals surface area contributed by atoms with Gasteiger partial charge < -0.3 is 14.8 Å². The summed E-state index contributed by atoms with van der Waals surface area (Å²) >= 11 is 3.34. The number of amides is 1. The number of carbonyl (C=O) groups excluding carboxylic acids is 1. The fourth-order valence-corrected chi connectivity index (χ4v) is 1.83. The second-order valence-electron chi connectivity index (χ2n) is 3.43. The zero-order valence-electron chi connectivity index (χ0n) is 8.61. The summed E-state index contributed by atoms with van der Waals surface area (Å²) in [4.78, 5) is 11.7. The maximum absolute atomic E-state index is 11.7. The second-order valence-corrected chi connectivity index (χ2v) is 4.35. The Balaban J connectivity index is 1.96. The number of anilines is 1. The summed E-state index contributed by atoms with van der Waals surface area (Å²) in [5, 5.41) is 2.78. The van der Waals surface area contributed by atoms with Gasteiger partial charge in [-0.25, -0.2) is 0 Å². The van der Waals surface area contributed by atoms with E-state index in [0.29, 0.717) is 19.8 Å². The van der Waals surface area contributed by atoms with Gasteiger partial charge in [0.2, 0.25) is 0 Å². The van der Waals surface area contributed by atoms with Crippen molar-refractivity contribution in [3.8, 4) is 0 Å². The Morgan fingerprint density at radius 1 is 1.44 bits per heavy atom. The molecule has 0 spiro atoms. The molecule has 16 heavy (non-hydrogen) atoms. The van der Waals surface area contributed by atoms with E-state index < -0.39 is 6.10 Å². The fraction of sp³-hybridized carbons (Fsp3) is 0.364. The van der Waals surface area contributed by atoms with Crippen LogP contribution in [0.2, 0.25) is 0 Å². The molecule has 1 heterocycles. The van der Waals surface area contributed by atoms with Crippen molar-refractivity contribution in [2.75, 3.05) is 25.1 Å². The summed E-state index contributed by atoms with van der Waals surface area (Å²) in [6.45, 7) is 1.34. The average Bonchev–Trinajstić information content (AvgIpc) is 2.30. The van der Waals surface area contributed by atoms with Gasteiger partial charge in [-0.05, 0) is 18.2 Å². The highest BCUT2D eigenvalue weighted by Crippen LogP contribution is 2.16. The lowest BCUT2D eigenvalue weighted by Gasteiger charge is -2.22. The van der Waals surface area contributed by atoms with Crippen molar-refractivity contribution < 1.29 is 14.3 Å². The smallest absolute Gasteiger partial charge is 0.255 e. The predicted molar refractivity (Wildman–Crippen MR) is 63.3 cm³/mol. The van der Waals surface area contributed by atoms with Gasteiger partial charge in [0.25, 0.3) is 5.91 Å². The molecule has 1 aromatic rings. The van der Waals surface area contributed by atoms with Crippen LogP contribution in [0.1, 0.15) is 0 Å². The number of ether oxygens (including phenoxy) is 2. The summed E-state index contributed by atoms with van der Waals surface area (Å²) in [7, 11) is 0. The lowest BCUT2D eigenvalue weighted by molar-refractivity contribution is -0.142. The third-order valence-corrected chi connectivity index (χ3v) is 2.69. The summed E-state index contributed by atoms with van der Waals surface area (Å²) in [6.07, 6.45) is -0.507. The number of nitrogens with one attached hydrogen (secondary N) is 1. The predicted octanol–water partition coefficient (Wildman–Crippen LogP) is 1.80. The lowest BCUT2D eigenvalue weighted by atomic mass is 10.3. The first-order chi connectivity index (χ1) is 7.75. The van der Waals surface area contributed by atoms with Crippen LogP contribution in [-0.4, -0.2) is 31.8 Å². The average molecular weight is 286 g/mol. The van der Waals surface area contributed by atoms with Gasteiger partial charge in [-0.3, -0.25) is 4.79 Å². The molecule has 1 unspecified atom stereocenters. The molecule has 1 fully saturated rings. The maximum Gasteiger partial charge on any atom is 0.255 e. The van der Waals surface area contributed by atoms with E-state index in [2.05, 4.69) is 21.2 Å². The number of halogens is 1. The molecule has 0 radical (unpaired) electrons. The van der Waals surface area contributed by atoms with E-state index in [4.69, 9.17) is 9.47 Å². The van der Waals surface area contributed by atoms with Crippen LogP contribution in [0.4, 0.5) is 5.69 Å². The number of carbonyl (C=O) groups is 1. The first-order valence-corrected chi connectivity index (χ1v) is 5.81. The van der Waals surface area contributed by atoms with E-state index in [-0.39, 0.29) is 5.91 Å². The molecule has 1 atom stereocenters. The summed E-state index contributed by atoms with van der Waals surface area (Å²) in [6, 6.07) is 7.42. The van der Waals surface area contributed by atoms with Crippen LogP contribution in [-0.2, 0) is 14.3 Å². The lowest BCUT2D eigenvalue weighted by Crippen LogP contribution is -2.39. The minimum atomic E-state index is -0.507. The van der Waals surface area contributed by atoms with Gasteiger partial charge >= 0.3 is 0 Å². The van der Waals surface area contributed by atoms with Gasteiger partial charge in [0.05, 0.1) is 19.8 Å². The van der Waals surface area contributed by atoms with Crippen molar-refractivity contribution in [3.63, 3.8) is 0 Å². The van der Waals surface area contributed by atoms with Crippen LogP contribution in [0.15, 0.2) is 28.7 Å². The third-order valence-electron chi connectivity index (χ3n) is 2.20. The minimum absolute atomic E-state index is 0.169. The molecule has 1 aliphatic rings. The molecule has 1 aromatic carbocycles. The van der Waals surface area contributed by atoms with Crippen LogP contribution in [0.3, 0.4) is 0 Å². The molecular formula is C11H12BrNO3. The Hall–Kier alpha value is -0.910. The van der Waals surface area contributed by atoms with E-state index in [0.717, 1.165) is 10.2 Å². The monoisotopic (exact) mass is 285 g/mol. The molecule has 0 saturated carbocycles. The van der Waals surface area contributed by atoms with E-state index in [9.17, 15) is 4.79 Å². The maximum atomic E-state index is 11.7. The molecule has 1 N–H and O–H groups in total. The van der Waals surface area contributed by atoms with Crippen LogP contribution in [0.5, 0.6) is 0 Å². The second kappa shape index (κ2) is 5.43. The highest BCUT2D eigenvalue weighted by molar-refractivity contribution is 9.10. The Labute approximate surface area is 102 Å². The summed E-state index contributed by atoms with van der Waals surface area (Å²) in [5.41, 5.74) is 0.744. The van der Waals surface area contributed by atoms with Crippen LogP contribution in [0.25, 0.3) is 0 Å². The van der Waals surface area contributed by atoms with Crippen molar-refractivity contribution in [2.24, 2.45) is 0 Å². The SMILES string of the molecule is O=C(Nc1cccc(Br)c1)C1COCCO1. The van der Waals surface area contributed by atoms with Crippen molar-refractivity contribution in [1.29, 1.82) is 0 Å². The fourth-order valence-electron chi connectivity index (χ4n) is 1.43. The standard InChI is InChI=1S/C11H12BrNO3/c12-8-2-1-3-9(6-8)13-11(14)10-7-15-4-5-16-10/h1-3,6,10H,4-5,7H2,(H,13,14). The van der Waals surface area contributed by atoms with Crippen LogP contribution in [0, 0.1) is 0 Å². The Morgan fingerprint density at radius 3 is 3.00 bits per heavy atom. The molecule has 86 valence electrons. The molecule has 0 bridgehead atoms. The van der Waals surface area contributed by atoms with E-state index in [1.54, 1.807) is 0 Å². The molecule has 4 nitrogen and oxygen atoms in total. The topological polar surface area (TPSA) is 47.6 Å². The Bertz CT molecular complexity index is 377. The molecule has 2 rings (SSSR count). The first kappa shape index (κ1) is 11.6. The Kier molecular flexibility index (Phi) is 3.93. The molecule has 1 amide bonds. The molecule has 1 saturated heterocycles. The molecule has 5 heteroatoms. The van der Waals surface area contributed by atoms with E-state index >= 15 is 0 Å². The first-order valence-electron chi connectivity index (χ1n) is 5.01. The normalized spacial score (nSPS) is 20.4. The van der Waals surface area contributed by atoms with Gasteiger partial charge in [-0.1, -0.05) is 22.0 Å². The number of benzene rings is 1. The molecule has 0 aromatic heterocycles. The number of rotatable bonds is 2. The van der Waals surface area contributed by atoms with Crippen molar-refractivity contribution in [3.05, 3.63) is 28.7 Å².